The molecule has 0 aromatic carbocycles. The topological polar surface area (TPSA) is 58.3 Å². The van der Waals surface area contributed by atoms with Crippen molar-refractivity contribution >= 4 is 41.3 Å². The van der Waals surface area contributed by atoms with Crippen LogP contribution in [0.2, 0.25) is 0 Å². The zero-order valence-corrected chi connectivity index (χ0v) is 18.3. The number of rotatable bonds is 5. The quantitative estimate of drug-likeness (QED) is 0.412. The highest BCUT2D eigenvalue weighted by molar-refractivity contribution is 14.0. The number of aliphatic imine (C=N–C) groups is 1. The third-order valence-electron chi connectivity index (χ3n) is 4.46. The fraction of sp³-hybridized carbons (Fsp3) is 0.588. The van der Waals surface area contributed by atoms with Crippen molar-refractivity contribution in [3.05, 3.63) is 34.0 Å². The molecule has 3 heterocycles. The van der Waals surface area contributed by atoms with E-state index in [1.165, 1.54) is 16.3 Å². The molecule has 2 aromatic rings. The molecule has 1 fully saturated rings. The summed E-state index contributed by atoms with van der Waals surface area (Å²) in [5.74, 6) is 1.54. The first-order valence-electron chi connectivity index (χ1n) is 8.57. The SMILES string of the molecule is CCc1nc(CCNC(=NC)N2CCC(c3cnn(C)c3)C2)cs1.I. The first kappa shape index (κ1) is 20.2. The van der Waals surface area contributed by atoms with E-state index in [1.54, 1.807) is 11.3 Å². The fourth-order valence-corrected chi connectivity index (χ4v) is 3.92. The van der Waals surface area contributed by atoms with Crippen molar-refractivity contribution in [2.75, 3.05) is 26.7 Å². The number of aryl methyl sites for hydroxylation is 2. The zero-order valence-electron chi connectivity index (χ0n) is 15.1. The van der Waals surface area contributed by atoms with Gasteiger partial charge >= 0.3 is 0 Å². The third-order valence-corrected chi connectivity index (χ3v) is 5.50. The molecule has 8 heteroatoms. The van der Waals surface area contributed by atoms with E-state index in [0.29, 0.717) is 5.92 Å². The molecule has 0 aliphatic carbocycles. The Kier molecular flexibility index (Phi) is 7.67. The summed E-state index contributed by atoms with van der Waals surface area (Å²) in [6, 6.07) is 0. The molecule has 1 N–H and O–H groups in total. The van der Waals surface area contributed by atoms with Crippen LogP contribution >= 0.6 is 35.3 Å². The zero-order chi connectivity index (χ0) is 16.9. The Morgan fingerprint density at radius 2 is 2.32 bits per heavy atom. The summed E-state index contributed by atoms with van der Waals surface area (Å²) in [6.45, 7) is 5.06. The second-order valence-corrected chi connectivity index (χ2v) is 7.13. The second kappa shape index (κ2) is 9.51. The lowest BCUT2D eigenvalue weighted by Crippen LogP contribution is -2.40. The van der Waals surface area contributed by atoms with Gasteiger partial charge in [-0.25, -0.2) is 4.98 Å². The highest BCUT2D eigenvalue weighted by Crippen LogP contribution is 2.26. The van der Waals surface area contributed by atoms with E-state index in [-0.39, 0.29) is 24.0 Å². The fourth-order valence-electron chi connectivity index (χ4n) is 3.14. The van der Waals surface area contributed by atoms with Gasteiger partial charge in [0.2, 0.25) is 0 Å². The molecule has 0 spiro atoms. The van der Waals surface area contributed by atoms with Gasteiger partial charge in [0.15, 0.2) is 5.96 Å². The molecule has 3 rings (SSSR count). The Labute approximate surface area is 170 Å². The van der Waals surface area contributed by atoms with Gasteiger partial charge in [0.05, 0.1) is 16.9 Å². The molecule has 0 amide bonds. The van der Waals surface area contributed by atoms with E-state index in [4.69, 9.17) is 0 Å². The van der Waals surface area contributed by atoms with Gasteiger partial charge in [-0.2, -0.15) is 5.10 Å². The Morgan fingerprint density at radius 1 is 1.48 bits per heavy atom. The maximum absolute atomic E-state index is 4.62. The third kappa shape index (κ3) is 5.16. The summed E-state index contributed by atoms with van der Waals surface area (Å²) in [5, 5.41) is 11.2. The Hall–Kier alpha value is -1.16. The first-order chi connectivity index (χ1) is 11.7. The van der Waals surface area contributed by atoms with Crippen LogP contribution in [0.3, 0.4) is 0 Å². The molecule has 0 radical (unpaired) electrons. The Balaban J connectivity index is 0.00000225. The molecule has 138 valence electrons. The molecule has 1 saturated heterocycles. The second-order valence-electron chi connectivity index (χ2n) is 6.19. The van der Waals surface area contributed by atoms with Gasteiger partial charge in [-0.1, -0.05) is 6.92 Å². The molecule has 1 atom stereocenters. The number of guanidine groups is 1. The van der Waals surface area contributed by atoms with Crippen molar-refractivity contribution in [1.82, 2.24) is 25.0 Å². The van der Waals surface area contributed by atoms with Gasteiger partial charge < -0.3 is 10.2 Å². The van der Waals surface area contributed by atoms with Crippen molar-refractivity contribution < 1.29 is 0 Å². The molecular weight excluding hydrogens is 447 g/mol. The van der Waals surface area contributed by atoms with E-state index >= 15 is 0 Å². The maximum atomic E-state index is 4.62. The van der Waals surface area contributed by atoms with Crippen LogP contribution in [0, 0.1) is 0 Å². The summed E-state index contributed by atoms with van der Waals surface area (Å²) in [5.41, 5.74) is 2.50. The summed E-state index contributed by atoms with van der Waals surface area (Å²) < 4.78 is 1.88. The molecule has 1 unspecified atom stereocenters. The molecule has 6 nitrogen and oxygen atoms in total. The molecule has 0 saturated carbocycles. The monoisotopic (exact) mass is 474 g/mol. The number of nitrogens with zero attached hydrogens (tertiary/aromatic N) is 5. The van der Waals surface area contributed by atoms with Crippen molar-refractivity contribution in [3.63, 3.8) is 0 Å². The summed E-state index contributed by atoms with van der Waals surface area (Å²) >= 11 is 1.75. The number of hydrogen-bond donors (Lipinski definition) is 1. The standard InChI is InChI=1S/C17H26N6S.HI/c1-4-16-21-15(12-24-16)5-7-19-17(18-2)23-8-6-13(11-23)14-9-20-22(3)10-14;/h9-10,12-13H,4-8,11H2,1-3H3,(H,18,19);1H. The maximum Gasteiger partial charge on any atom is 0.193 e. The minimum Gasteiger partial charge on any atom is -0.356 e. The number of aromatic nitrogens is 3. The molecule has 1 aliphatic rings. The number of hydrogen-bond acceptors (Lipinski definition) is 4. The van der Waals surface area contributed by atoms with Gasteiger partial charge in [-0.15, -0.1) is 35.3 Å². The average Bonchev–Trinajstić information content (AvgIpc) is 3.31. The largest absolute Gasteiger partial charge is 0.356 e. The van der Waals surface area contributed by atoms with E-state index < -0.39 is 0 Å². The van der Waals surface area contributed by atoms with Crippen LogP contribution in [0.1, 0.15) is 35.5 Å². The van der Waals surface area contributed by atoms with Crippen molar-refractivity contribution in [1.29, 1.82) is 0 Å². The predicted octanol–water partition coefficient (Wildman–Crippen LogP) is 2.66. The molecule has 2 aromatic heterocycles. The van der Waals surface area contributed by atoms with Crippen LogP contribution in [0.15, 0.2) is 22.8 Å². The van der Waals surface area contributed by atoms with Crippen molar-refractivity contribution in [2.24, 2.45) is 12.0 Å². The normalized spacial score (nSPS) is 17.6. The van der Waals surface area contributed by atoms with Crippen LogP contribution in [0.4, 0.5) is 0 Å². The van der Waals surface area contributed by atoms with Crippen LogP contribution in [-0.2, 0) is 19.9 Å². The number of nitrogens with one attached hydrogen (secondary N) is 1. The van der Waals surface area contributed by atoms with Gasteiger partial charge in [0.25, 0.3) is 0 Å². The van der Waals surface area contributed by atoms with Crippen LogP contribution in [0.25, 0.3) is 0 Å². The van der Waals surface area contributed by atoms with E-state index in [2.05, 4.69) is 43.8 Å². The minimum absolute atomic E-state index is 0. The Morgan fingerprint density at radius 3 is 2.96 bits per heavy atom. The van der Waals surface area contributed by atoms with Crippen molar-refractivity contribution in [3.8, 4) is 0 Å². The lowest BCUT2D eigenvalue weighted by Gasteiger charge is -2.21. The van der Waals surface area contributed by atoms with Gasteiger partial charge in [0, 0.05) is 57.6 Å². The van der Waals surface area contributed by atoms with Crippen LogP contribution in [-0.4, -0.2) is 52.3 Å². The summed E-state index contributed by atoms with van der Waals surface area (Å²) in [4.78, 5) is 11.4. The lowest BCUT2D eigenvalue weighted by atomic mass is 10.0. The smallest absolute Gasteiger partial charge is 0.193 e. The summed E-state index contributed by atoms with van der Waals surface area (Å²) in [7, 11) is 3.83. The predicted molar refractivity (Wildman–Crippen MR) is 114 cm³/mol. The summed E-state index contributed by atoms with van der Waals surface area (Å²) in [6.07, 6.45) is 7.22. The van der Waals surface area contributed by atoms with Gasteiger partial charge in [-0.05, 0) is 18.4 Å². The van der Waals surface area contributed by atoms with Crippen molar-refractivity contribution in [2.45, 2.75) is 32.1 Å². The highest BCUT2D eigenvalue weighted by Gasteiger charge is 2.26. The van der Waals surface area contributed by atoms with E-state index in [0.717, 1.165) is 44.9 Å². The van der Waals surface area contributed by atoms with Crippen LogP contribution in [0.5, 0.6) is 0 Å². The average molecular weight is 474 g/mol. The molecule has 0 bridgehead atoms. The number of thiazole rings is 1. The highest BCUT2D eigenvalue weighted by atomic mass is 127. The van der Waals surface area contributed by atoms with Gasteiger partial charge in [0.1, 0.15) is 0 Å². The number of halogens is 1. The number of likely N-dealkylation sites (tertiary alicyclic amines) is 1. The Bertz CT molecular complexity index is 695. The van der Waals surface area contributed by atoms with E-state index in [9.17, 15) is 0 Å². The lowest BCUT2D eigenvalue weighted by molar-refractivity contribution is 0.486. The van der Waals surface area contributed by atoms with Crippen LogP contribution < -0.4 is 5.32 Å². The van der Waals surface area contributed by atoms with E-state index in [1.807, 2.05) is 25.0 Å². The first-order valence-corrected chi connectivity index (χ1v) is 9.45. The van der Waals surface area contributed by atoms with Gasteiger partial charge in [-0.3, -0.25) is 9.67 Å². The molecular formula is C17H27IN6S. The minimum atomic E-state index is 0. The molecule has 25 heavy (non-hydrogen) atoms. The molecule has 1 aliphatic heterocycles.